The average Bonchev–Trinajstić information content (AvgIpc) is 3.35. The van der Waals surface area contributed by atoms with E-state index in [-0.39, 0.29) is 24.0 Å². The van der Waals surface area contributed by atoms with E-state index in [4.69, 9.17) is 47.4 Å². The summed E-state index contributed by atoms with van der Waals surface area (Å²) < 4.78 is 57.8. The number of nitrogens with zero attached hydrogens (tertiary/aromatic N) is 2. The van der Waals surface area contributed by atoms with Crippen LogP contribution in [0.5, 0.6) is 46.0 Å². The highest BCUT2D eigenvalue weighted by molar-refractivity contribution is 5.69. The number of hydrogen-bond acceptors (Lipinski definition) is 12. The third-order valence-electron chi connectivity index (χ3n) is 14.0. The molecule has 14 nitrogen and oxygen atoms in total. The number of methoxy groups -OCH3 is 8. The molecule has 2 aliphatic heterocycles. The Bertz CT molecular complexity index is 2160. The predicted octanol–water partition coefficient (Wildman–Crippen LogP) is 8.07. The summed E-state index contributed by atoms with van der Waals surface area (Å²) in [6.07, 6.45) is 5.85. The van der Waals surface area contributed by atoms with Crippen LogP contribution < -0.4 is 37.9 Å². The molecule has 0 bridgehead atoms. The minimum Gasteiger partial charge on any atom is -0.493 e. The largest absolute Gasteiger partial charge is 0.493 e. The Hall–Kier alpha value is -5.86. The molecule has 4 aromatic carbocycles. The number of hydrogen-bond donors (Lipinski definition) is 0. The van der Waals surface area contributed by atoms with Gasteiger partial charge in [-0.05, 0) is 90.0 Å². The van der Waals surface area contributed by atoms with Crippen molar-refractivity contribution in [1.82, 2.24) is 0 Å². The molecule has 0 radical (unpaired) electrons. The summed E-state index contributed by atoms with van der Waals surface area (Å²) in [5.41, 5.74) is 7.00. The topological polar surface area (TPSA) is 126 Å². The van der Waals surface area contributed by atoms with Gasteiger partial charge in [0, 0.05) is 36.8 Å². The Labute approximate surface area is 397 Å². The Morgan fingerprint density at radius 3 is 1.16 bits per heavy atom. The molecule has 4 aromatic rings. The van der Waals surface area contributed by atoms with Gasteiger partial charge in [0.1, 0.15) is 12.1 Å². The second kappa shape index (κ2) is 23.2. The number of rotatable bonds is 24. The molecule has 2 aliphatic rings. The van der Waals surface area contributed by atoms with E-state index in [0.29, 0.717) is 107 Å². The van der Waals surface area contributed by atoms with Crippen molar-refractivity contribution in [2.75, 3.05) is 110 Å². The molecule has 2 heterocycles. The lowest BCUT2D eigenvalue weighted by molar-refractivity contribution is -0.940. The van der Waals surface area contributed by atoms with Crippen molar-refractivity contribution in [3.8, 4) is 46.0 Å². The van der Waals surface area contributed by atoms with Crippen LogP contribution in [-0.2, 0) is 44.7 Å². The molecule has 14 heteroatoms. The Kier molecular flexibility index (Phi) is 17.5. The molecular formula is C53H72N2O12+2. The average molecular weight is 929 g/mol. The maximum atomic E-state index is 13.2. The van der Waals surface area contributed by atoms with Crippen molar-refractivity contribution in [3.63, 3.8) is 0 Å². The number of carbonyl (C=O) groups is 2. The molecule has 0 amide bonds. The van der Waals surface area contributed by atoms with E-state index >= 15 is 0 Å². The highest BCUT2D eigenvalue weighted by Gasteiger charge is 2.42. The van der Waals surface area contributed by atoms with Crippen molar-refractivity contribution in [2.24, 2.45) is 0 Å². The summed E-state index contributed by atoms with van der Waals surface area (Å²) in [4.78, 5) is 26.4. The molecule has 0 aromatic heterocycles. The van der Waals surface area contributed by atoms with Crippen LogP contribution in [0, 0.1) is 0 Å². The maximum absolute atomic E-state index is 13.2. The van der Waals surface area contributed by atoms with Gasteiger partial charge < -0.3 is 56.3 Å². The van der Waals surface area contributed by atoms with Gasteiger partial charge in [-0.3, -0.25) is 9.59 Å². The highest BCUT2D eigenvalue weighted by atomic mass is 16.5. The van der Waals surface area contributed by atoms with E-state index in [9.17, 15) is 9.59 Å². The van der Waals surface area contributed by atoms with E-state index < -0.39 is 0 Å². The van der Waals surface area contributed by atoms with Crippen LogP contribution in [0.25, 0.3) is 0 Å². The quantitative estimate of drug-likeness (QED) is 0.0383. The molecular weight excluding hydrogens is 857 g/mol. The van der Waals surface area contributed by atoms with Gasteiger partial charge in [-0.25, -0.2) is 0 Å². The summed E-state index contributed by atoms with van der Waals surface area (Å²) >= 11 is 0. The van der Waals surface area contributed by atoms with Gasteiger partial charge in [0.25, 0.3) is 0 Å². The lowest BCUT2D eigenvalue weighted by atomic mass is 9.86. The second-order valence-electron chi connectivity index (χ2n) is 18.0. The molecule has 364 valence electrons. The first kappa shape index (κ1) is 50.6. The minimum atomic E-state index is -0.215. The lowest BCUT2D eigenvalue weighted by Crippen LogP contribution is -2.53. The molecule has 0 unspecified atom stereocenters. The van der Waals surface area contributed by atoms with E-state index in [1.165, 1.54) is 22.3 Å². The molecule has 0 spiro atoms. The number of unbranched alkanes of at least 4 members (excludes halogenated alkanes) is 2. The zero-order chi connectivity index (χ0) is 48.1. The van der Waals surface area contributed by atoms with Crippen LogP contribution in [-0.4, -0.2) is 131 Å². The third-order valence-corrected chi connectivity index (χ3v) is 14.0. The second-order valence-corrected chi connectivity index (χ2v) is 18.0. The van der Waals surface area contributed by atoms with Gasteiger partial charge in [-0.1, -0.05) is 12.1 Å². The SMILES string of the molecule is COc1ccc(C[C@@H]2c3cc(OC)c(OC)cc3CC[N@+]2(C)CCC(=O)OCCCCCOC(=O)CC[N@+]2(C)CCc3cc(OC)c(OC)cc3[C@H]2Cc2ccc(OC)c(OC)c2)cc1OC. The number of likely N-dealkylation sites (N-methyl/N-ethyl adjacent to an activating group) is 2. The predicted molar refractivity (Wildman–Crippen MR) is 255 cm³/mol. The molecule has 0 saturated carbocycles. The first-order valence-electron chi connectivity index (χ1n) is 23.3. The van der Waals surface area contributed by atoms with Gasteiger partial charge in [0.15, 0.2) is 46.0 Å². The number of carbonyl (C=O) groups excluding carboxylic acids is 2. The number of esters is 2. The first-order chi connectivity index (χ1) is 32.4. The van der Waals surface area contributed by atoms with Crippen molar-refractivity contribution < 1.29 is 65.9 Å². The van der Waals surface area contributed by atoms with Gasteiger partial charge in [0.05, 0.1) is 123 Å². The number of benzene rings is 4. The maximum Gasteiger partial charge on any atom is 0.311 e. The van der Waals surface area contributed by atoms with Crippen LogP contribution in [0.4, 0.5) is 0 Å². The molecule has 67 heavy (non-hydrogen) atoms. The number of quaternary nitrogens is 2. The molecule has 0 aliphatic carbocycles. The van der Waals surface area contributed by atoms with E-state index in [2.05, 4.69) is 50.5 Å². The first-order valence-corrected chi connectivity index (χ1v) is 23.3. The summed E-state index contributed by atoms with van der Waals surface area (Å²) in [6.45, 7) is 3.57. The van der Waals surface area contributed by atoms with Crippen molar-refractivity contribution in [2.45, 2.75) is 69.9 Å². The van der Waals surface area contributed by atoms with E-state index in [1.807, 2.05) is 24.3 Å². The summed E-state index contributed by atoms with van der Waals surface area (Å²) in [5, 5.41) is 0. The standard InChI is InChI=1S/C53H72N2O12/c1-54(22-18-38-32-48(62-7)50(64-9)34-40(38)42(54)28-36-14-16-44(58-3)46(30-36)60-5)24-20-52(56)66-26-12-11-13-27-67-53(57)21-25-55(2)23-19-39-33-49(63-8)51(65-10)35-41(39)43(55)29-37-15-17-45(59-4)47(31-37)61-6/h14-17,30-35,42-43H,11-13,18-29H2,1-10H3/q+2/t42-,43-,54-,55+/m1/s1. The van der Waals surface area contributed by atoms with Crippen LogP contribution in [0.2, 0.25) is 0 Å². The fourth-order valence-electron chi connectivity index (χ4n) is 9.91. The molecule has 0 saturated heterocycles. The van der Waals surface area contributed by atoms with Crippen molar-refractivity contribution in [1.29, 1.82) is 0 Å². The van der Waals surface area contributed by atoms with Crippen LogP contribution in [0.3, 0.4) is 0 Å². The number of fused-ring (bicyclic) bond motifs is 2. The monoisotopic (exact) mass is 929 g/mol. The fourth-order valence-corrected chi connectivity index (χ4v) is 9.91. The van der Waals surface area contributed by atoms with Gasteiger partial charge in [-0.15, -0.1) is 0 Å². The van der Waals surface area contributed by atoms with Crippen molar-refractivity contribution in [3.05, 3.63) is 94.0 Å². The van der Waals surface area contributed by atoms with Crippen LogP contribution >= 0.6 is 0 Å². The fraction of sp³-hybridized carbons (Fsp3) is 0.509. The lowest BCUT2D eigenvalue weighted by Gasteiger charge is -2.46. The van der Waals surface area contributed by atoms with Crippen molar-refractivity contribution >= 4 is 11.9 Å². The zero-order valence-corrected chi connectivity index (χ0v) is 41.3. The van der Waals surface area contributed by atoms with E-state index in [1.54, 1.807) is 56.9 Å². The Balaban J connectivity index is 0.987. The van der Waals surface area contributed by atoms with E-state index in [0.717, 1.165) is 56.3 Å². The molecule has 0 N–H and O–H groups in total. The Morgan fingerprint density at radius 1 is 0.463 bits per heavy atom. The smallest absolute Gasteiger partial charge is 0.311 e. The summed E-state index contributed by atoms with van der Waals surface area (Å²) in [7, 11) is 17.6. The Morgan fingerprint density at radius 2 is 0.806 bits per heavy atom. The molecule has 0 fully saturated rings. The normalized spacial score (nSPS) is 19.6. The van der Waals surface area contributed by atoms with Crippen LogP contribution in [0.15, 0.2) is 60.7 Å². The summed E-state index contributed by atoms with van der Waals surface area (Å²) in [6, 6.07) is 20.5. The van der Waals surface area contributed by atoms with Gasteiger partial charge in [0.2, 0.25) is 0 Å². The van der Waals surface area contributed by atoms with Gasteiger partial charge in [-0.2, -0.15) is 0 Å². The van der Waals surface area contributed by atoms with Gasteiger partial charge >= 0.3 is 11.9 Å². The number of ether oxygens (including phenoxy) is 10. The molecule has 6 rings (SSSR count). The minimum absolute atomic E-state index is 0.0393. The molecule has 4 atom stereocenters. The van der Waals surface area contributed by atoms with Crippen LogP contribution in [0.1, 0.15) is 77.6 Å². The zero-order valence-electron chi connectivity index (χ0n) is 41.3. The summed E-state index contributed by atoms with van der Waals surface area (Å²) in [5.74, 6) is 5.06. The highest BCUT2D eigenvalue weighted by Crippen LogP contribution is 2.45. The third kappa shape index (κ3) is 12.0.